The van der Waals surface area contributed by atoms with Gasteiger partial charge in [0.05, 0.1) is 17.5 Å². The molecule has 3 aromatic rings. The predicted octanol–water partition coefficient (Wildman–Crippen LogP) is 2.32. The van der Waals surface area contributed by atoms with Crippen molar-refractivity contribution >= 4 is 28.2 Å². The molecule has 0 aliphatic rings. The fourth-order valence-corrected chi connectivity index (χ4v) is 2.68. The van der Waals surface area contributed by atoms with Gasteiger partial charge in [-0.1, -0.05) is 30.3 Å². The number of benzene rings is 2. The molecule has 0 bridgehead atoms. The normalized spacial score (nSPS) is 10.6. The SMILES string of the molecule is CC(=O)c1cccc(NC(=O)Cc2nn(C)c(=O)c3ccccc23)c1. The van der Waals surface area contributed by atoms with E-state index in [-0.39, 0.29) is 23.7 Å². The topological polar surface area (TPSA) is 81.1 Å². The number of nitrogens with one attached hydrogen (secondary N) is 1. The Morgan fingerprint density at radius 1 is 1.08 bits per heavy atom. The van der Waals surface area contributed by atoms with Crippen LogP contribution in [0, 0.1) is 0 Å². The van der Waals surface area contributed by atoms with Crippen LogP contribution in [-0.2, 0) is 18.3 Å². The number of carbonyl (C=O) groups is 2. The number of ketones is 1. The average molecular weight is 335 g/mol. The summed E-state index contributed by atoms with van der Waals surface area (Å²) in [6.45, 7) is 1.47. The number of anilines is 1. The van der Waals surface area contributed by atoms with E-state index in [0.29, 0.717) is 27.7 Å². The second-order valence-corrected chi connectivity index (χ2v) is 5.78. The van der Waals surface area contributed by atoms with E-state index >= 15 is 0 Å². The van der Waals surface area contributed by atoms with Gasteiger partial charge in [-0.15, -0.1) is 0 Å². The van der Waals surface area contributed by atoms with Crippen molar-refractivity contribution in [2.45, 2.75) is 13.3 Å². The van der Waals surface area contributed by atoms with Crippen LogP contribution in [0.3, 0.4) is 0 Å². The zero-order valence-corrected chi connectivity index (χ0v) is 13.9. The highest BCUT2D eigenvalue weighted by atomic mass is 16.2. The molecule has 0 saturated carbocycles. The van der Waals surface area contributed by atoms with Crippen LogP contribution in [0.1, 0.15) is 23.0 Å². The number of hydrogen-bond acceptors (Lipinski definition) is 4. The van der Waals surface area contributed by atoms with Gasteiger partial charge in [0.1, 0.15) is 0 Å². The fourth-order valence-electron chi connectivity index (χ4n) is 2.68. The molecule has 0 saturated heterocycles. The first kappa shape index (κ1) is 16.6. The van der Waals surface area contributed by atoms with E-state index in [0.717, 1.165) is 0 Å². The Morgan fingerprint density at radius 3 is 2.52 bits per heavy atom. The van der Waals surface area contributed by atoms with Gasteiger partial charge in [-0.2, -0.15) is 5.10 Å². The van der Waals surface area contributed by atoms with Crippen molar-refractivity contribution in [3.63, 3.8) is 0 Å². The highest BCUT2D eigenvalue weighted by Crippen LogP contribution is 2.15. The zero-order valence-electron chi connectivity index (χ0n) is 13.9. The maximum Gasteiger partial charge on any atom is 0.274 e. The first-order chi connectivity index (χ1) is 12.0. The molecule has 0 fully saturated rings. The van der Waals surface area contributed by atoms with Gasteiger partial charge < -0.3 is 5.32 Å². The maximum atomic E-state index is 12.4. The lowest BCUT2D eigenvalue weighted by molar-refractivity contribution is -0.115. The van der Waals surface area contributed by atoms with Crippen LogP contribution >= 0.6 is 0 Å². The molecule has 1 aromatic heterocycles. The minimum absolute atomic E-state index is 0.0267. The van der Waals surface area contributed by atoms with Gasteiger partial charge in [0.2, 0.25) is 5.91 Å². The molecule has 0 atom stereocenters. The summed E-state index contributed by atoms with van der Waals surface area (Å²) < 4.78 is 1.24. The Kier molecular flexibility index (Phi) is 4.43. The fraction of sp³-hybridized carbons (Fsp3) is 0.158. The molecule has 3 rings (SSSR count). The van der Waals surface area contributed by atoms with Gasteiger partial charge in [0.25, 0.3) is 5.56 Å². The Balaban J connectivity index is 1.88. The van der Waals surface area contributed by atoms with Crippen molar-refractivity contribution in [2.75, 3.05) is 5.32 Å². The van der Waals surface area contributed by atoms with E-state index in [1.54, 1.807) is 55.6 Å². The Labute approximate surface area is 144 Å². The third-order valence-electron chi connectivity index (χ3n) is 3.91. The van der Waals surface area contributed by atoms with Crippen molar-refractivity contribution in [1.29, 1.82) is 0 Å². The predicted molar refractivity (Wildman–Crippen MR) is 95.8 cm³/mol. The van der Waals surface area contributed by atoms with Gasteiger partial charge in [-0.25, -0.2) is 4.68 Å². The number of rotatable bonds is 4. The molecule has 2 aromatic carbocycles. The highest BCUT2D eigenvalue weighted by Gasteiger charge is 2.13. The summed E-state index contributed by atoms with van der Waals surface area (Å²) in [5, 5.41) is 8.18. The van der Waals surface area contributed by atoms with E-state index < -0.39 is 0 Å². The van der Waals surface area contributed by atoms with Crippen LogP contribution in [0.5, 0.6) is 0 Å². The third-order valence-corrected chi connectivity index (χ3v) is 3.91. The molecule has 6 heteroatoms. The molecule has 1 heterocycles. The molecule has 1 amide bonds. The second kappa shape index (κ2) is 6.68. The summed E-state index contributed by atoms with van der Waals surface area (Å²) in [7, 11) is 1.56. The third kappa shape index (κ3) is 3.47. The quantitative estimate of drug-likeness (QED) is 0.742. The number of amides is 1. The summed E-state index contributed by atoms with van der Waals surface area (Å²) in [4.78, 5) is 35.9. The molecule has 1 N–H and O–H groups in total. The minimum atomic E-state index is -0.267. The van der Waals surface area contributed by atoms with Crippen LogP contribution in [0.25, 0.3) is 10.8 Å². The first-order valence-electron chi connectivity index (χ1n) is 7.81. The molecule has 6 nitrogen and oxygen atoms in total. The van der Waals surface area contributed by atoms with E-state index in [9.17, 15) is 14.4 Å². The Morgan fingerprint density at radius 2 is 1.80 bits per heavy atom. The van der Waals surface area contributed by atoms with Crippen molar-refractivity contribution in [1.82, 2.24) is 9.78 Å². The van der Waals surface area contributed by atoms with E-state index in [4.69, 9.17) is 0 Å². The van der Waals surface area contributed by atoms with E-state index in [1.165, 1.54) is 11.6 Å². The molecule has 0 radical (unpaired) electrons. The monoisotopic (exact) mass is 335 g/mol. The standard InChI is InChI=1S/C19H17N3O3/c1-12(23)13-6-5-7-14(10-13)20-18(24)11-17-15-8-3-4-9-16(15)19(25)22(2)21-17/h3-10H,11H2,1-2H3,(H,20,24). The summed E-state index contributed by atoms with van der Waals surface area (Å²) in [5.41, 5.74) is 1.40. The number of fused-ring (bicyclic) bond motifs is 1. The van der Waals surface area contributed by atoms with Gasteiger partial charge in [0, 0.05) is 23.7 Å². The van der Waals surface area contributed by atoms with Gasteiger partial charge in [0.15, 0.2) is 5.78 Å². The van der Waals surface area contributed by atoms with Gasteiger partial charge >= 0.3 is 0 Å². The largest absolute Gasteiger partial charge is 0.326 e. The molecule has 0 aliphatic carbocycles. The van der Waals surface area contributed by atoms with Crippen molar-refractivity contribution in [3.05, 3.63) is 70.1 Å². The number of aromatic nitrogens is 2. The number of hydrogen-bond donors (Lipinski definition) is 1. The summed E-state index contributed by atoms with van der Waals surface area (Å²) in [6.07, 6.45) is 0.0267. The molecule has 0 aliphatic heterocycles. The summed E-state index contributed by atoms with van der Waals surface area (Å²) in [5.74, 6) is -0.334. The van der Waals surface area contributed by atoms with Crippen LogP contribution < -0.4 is 10.9 Å². The highest BCUT2D eigenvalue weighted by molar-refractivity contribution is 5.98. The molecule has 0 spiro atoms. The van der Waals surface area contributed by atoms with E-state index in [2.05, 4.69) is 10.4 Å². The Hall–Kier alpha value is -3.28. The van der Waals surface area contributed by atoms with Crippen LogP contribution in [-0.4, -0.2) is 21.5 Å². The van der Waals surface area contributed by atoms with Gasteiger partial charge in [-0.05, 0) is 25.1 Å². The number of nitrogens with zero attached hydrogens (tertiary/aromatic N) is 2. The number of aryl methyl sites for hydroxylation is 1. The second-order valence-electron chi connectivity index (χ2n) is 5.78. The maximum absolute atomic E-state index is 12.4. The smallest absolute Gasteiger partial charge is 0.274 e. The van der Waals surface area contributed by atoms with Crippen molar-refractivity contribution in [2.24, 2.45) is 7.05 Å². The lowest BCUT2D eigenvalue weighted by atomic mass is 10.1. The van der Waals surface area contributed by atoms with E-state index in [1.807, 2.05) is 0 Å². The molecular weight excluding hydrogens is 318 g/mol. The molecular formula is C19H17N3O3. The zero-order chi connectivity index (χ0) is 18.0. The van der Waals surface area contributed by atoms with Crippen LogP contribution in [0.15, 0.2) is 53.3 Å². The van der Waals surface area contributed by atoms with Gasteiger partial charge in [-0.3, -0.25) is 14.4 Å². The summed E-state index contributed by atoms with van der Waals surface area (Å²) >= 11 is 0. The minimum Gasteiger partial charge on any atom is -0.326 e. The number of Topliss-reactive ketones (excluding diaryl/α,β-unsaturated/α-hetero) is 1. The van der Waals surface area contributed by atoms with Crippen LogP contribution in [0.4, 0.5) is 5.69 Å². The van der Waals surface area contributed by atoms with Crippen molar-refractivity contribution < 1.29 is 9.59 Å². The number of carbonyl (C=O) groups excluding carboxylic acids is 2. The molecule has 0 unspecified atom stereocenters. The average Bonchev–Trinajstić information content (AvgIpc) is 2.59. The lowest BCUT2D eigenvalue weighted by Gasteiger charge is -2.09. The van der Waals surface area contributed by atoms with Crippen molar-refractivity contribution in [3.8, 4) is 0 Å². The Bertz CT molecular complexity index is 1040. The lowest BCUT2D eigenvalue weighted by Crippen LogP contribution is -2.24. The summed E-state index contributed by atoms with van der Waals surface area (Å²) in [6, 6.07) is 13.8. The molecule has 25 heavy (non-hydrogen) atoms. The van der Waals surface area contributed by atoms with Crippen LogP contribution in [0.2, 0.25) is 0 Å². The first-order valence-corrected chi connectivity index (χ1v) is 7.81. The molecule has 126 valence electrons.